The summed E-state index contributed by atoms with van der Waals surface area (Å²) < 4.78 is 49.5. The van der Waals surface area contributed by atoms with Crippen molar-refractivity contribution in [2.45, 2.75) is 45.7 Å². The number of piperazine rings is 1. The second-order valence-electron chi connectivity index (χ2n) is 11.7. The molecule has 2 aromatic carbocycles. The fourth-order valence-corrected chi connectivity index (χ4v) is 6.48. The van der Waals surface area contributed by atoms with E-state index >= 15 is 13.2 Å². The normalized spacial score (nSPS) is 17.7. The Labute approximate surface area is 256 Å². The van der Waals surface area contributed by atoms with Gasteiger partial charge in [-0.05, 0) is 55.7 Å². The minimum absolute atomic E-state index is 0.0306. The first-order valence-electron chi connectivity index (χ1n) is 14.5. The standard InChI is InChI=1S/C33H31F3N6O3/c1-6-23(43)40-14-22-32(44)39-28-31(41(22)13-17(40)5)18-12-20(35)25(24-19(34)8-7-9-21(24)37)26(36)30(18)42(33(28)45)29-16(4)10-11-38-27(29)15(2)3/h6-12,15,17,22H,1,13-14,37H2,2-5H3,(H,39,44). The number of pyridine rings is 2. The van der Waals surface area contributed by atoms with Crippen LogP contribution in [0.5, 0.6) is 0 Å². The Hall–Kier alpha value is -5.13. The number of carbonyl (C=O) groups is 2. The van der Waals surface area contributed by atoms with Crippen LogP contribution in [-0.4, -0.2) is 51.4 Å². The van der Waals surface area contributed by atoms with Crippen molar-refractivity contribution in [1.29, 1.82) is 0 Å². The number of anilines is 3. The number of nitrogens with zero attached hydrogens (tertiary/aromatic N) is 4. The number of nitrogen functional groups attached to an aromatic ring is 1. The van der Waals surface area contributed by atoms with E-state index in [1.807, 2.05) is 13.8 Å². The van der Waals surface area contributed by atoms with Gasteiger partial charge in [-0.25, -0.2) is 13.2 Å². The topological polar surface area (TPSA) is 114 Å². The second kappa shape index (κ2) is 10.8. The summed E-state index contributed by atoms with van der Waals surface area (Å²) in [7, 11) is 0. The summed E-state index contributed by atoms with van der Waals surface area (Å²) in [6, 6.07) is 4.99. The van der Waals surface area contributed by atoms with E-state index in [-0.39, 0.29) is 58.6 Å². The van der Waals surface area contributed by atoms with Crippen molar-refractivity contribution in [2.24, 2.45) is 0 Å². The SMILES string of the molecule is C=CC(=O)N1CC2C(=O)Nc3c(c4cc(F)c(-c5c(N)cccc5F)c(F)c4n(-c4c(C)ccnc4C(C)C)c3=O)N2CC1C. The predicted octanol–water partition coefficient (Wildman–Crippen LogP) is 5.03. The lowest BCUT2D eigenvalue weighted by Crippen LogP contribution is -2.64. The molecule has 1 saturated heterocycles. The Bertz CT molecular complexity index is 1990. The molecule has 0 spiro atoms. The molecular formula is C33H31F3N6O3. The van der Waals surface area contributed by atoms with E-state index in [0.29, 0.717) is 11.3 Å². The number of rotatable bonds is 4. The Balaban J connectivity index is 1.77. The van der Waals surface area contributed by atoms with Gasteiger partial charge in [-0.1, -0.05) is 26.5 Å². The molecule has 12 heteroatoms. The van der Waals surface area contributed by atoms with Crippen LogP contribution in [-0.2, 0) is 9.59 Å². The molecule has 2 aromatic heterocycles. The Morgan fingerprint density at radius 3 is 2.51 bits per heavy atom. The van der Waals surface area contributed by atoms with E-state index in [0.717, 1.165) is 22.8 Å². The molecule has 0 radical (unpaired) electrons. The molecule has 3 N–H and O–H groups in total. The number of hydrogen-bond acceptors (Lipinski definition) is 6. The lowest BCUT2D eigenvalue weighted by Gasteiger charge is -2.48. The zero-order valence-corrected chi connectivity index (χ0v) is 25.1. The van der Waals surface area contributed by atoms with E-state index in [9.17, 15) is 14.4 Å². The van der Waals surface area contributed by atoms with Crippen LogP contribution in [0.2, 0.25) is 0 Å². The maximum Gasteiger partial charge on any atom is 0.281 e. The van der Waals surface area contributed by atoms with Gasteiger partial charge in [0.15, 0.2) is 5.82 Å². The molecule has 2 amide bonds. The molecule has 45 heavy (non-hydrogen) atoms. The molecule has 0 aliphatic carbocycles. The van der Waals surface area contributed by atoms with Crippen LogP contribution in [0, 0.1) is 24.4 Å². The molecule has 2 unspecified atom stereocenters. The zero-order valence-electron chi connectivity index (χ0n) is 25.1. The quantitative estimate of drug-likeness (QED) is 0.246. The van der Waals surface area contributed by atoms with Gasteiger partial charge in [0, 0.05) is 35.4 Å². The highest BCUT2D eigenvalue weighted by Gasteiger charge is 2.44. The second-order valence-corrected chi connectivity index (χ2v) is 11.7. The molecule has 2 atom stereocenters. The van der Waals surface area contributed by atoms with Crippen LogP contribution >= 0.6 is 0 Å². The smallest absolute Gasteiger partial charge is 0.281 e. The van der Waals surface area contributed by atoms with Crippen molar-refractivity contribution in [2.75, 3.05) is 29.0 Å². The van der Waals surface area contributed by atoms with Gasteiger partial charge < -0.3 is 20.9 Å². The molecular weight excluding hydrogens is 585 g/mol. The van der Waals surface area contributed by atoms with Gasteiger partial charge in [0.1, 0.15) is 23.4 Å². The van der Waals surface area contributed by atoms with Crippen LogP contribution < -0.4 is 21.5 Å². The van der Waals surface area contributed by atoms with E-state index in [2.05, 4.69) is 16.9 Å². The maximum absolute atomic E-state index is 17.1. The van der Waals surface area contributed by atoms with Crippen molar-refractivity contribution < 1.29 is 22.8 Å². The fraction of sp³-hybridized carbons (Fsp3) is 0.273. The molecule has 2 aliphatic rings. The third-order valence-corrected chi connectivity index (χ3v) is 8.58. The maximum atomic E-state index is 17.1. The molecule has 1 fully saturated rings. The summed E-state index contributed by atoms with van der Waals surface area (Å²) >= 11 is 0. The van der Waals surface area contributed by atoms with Gasteiger partial charge in [-0.15, -0.1) is 0 Å². The van der Waals surface area contributed by atoms with Crippen LogP contribution in [0.25, 0.3) is 27.7 Å². The van der Waals surface area contributed by atoms with E-state index in [4.69, 9.17) is 5.73 Å². The number of halogens is 3. The van der Waals surface area contributed by atoms with E-state index < -0.39 is 52.1 Å². The number of hydrogen-bond donors (Lipinski definition) is 2. The van der Waals surface area contributed by atoms with Gasteiger partial charge in [-0.3, -0.25) is 23.9 Å². The summed E-state index contributed by atoms with van der Waals surface area (Å²) in [5.41, 5.74) is 4.74. The molecule has 0 bridgehead atoms. The van der Waals surface area contributed by atoms with Crippen molar-refractivity contribution in [3.8, 4) is 16.8 Å². The summed E-state index contributed by atoms with van der Waals surface area (Å²) in [6.07, 6.45) is 2.72. The van der Waals surface area contributed by atoms with Gasteiger partial charge in [0.2, 0.25) is 11.8 Å². The minimum Gasteiger partial charge on any atom is -0.398 e. The zero-order chi connectivity index (χ0) is 32.5. The third-order valence-electron chi connectivity index (χ3n) is 8.58. The fourth-order valence-electron chi connectivity index (χ4n) is 6.48. The average Bonchev–Trinajstić information content (AvgIpc) is 2.98. The Morgan fingerprint density at radius 2 is 1.84 bits per heavy atom. The van der Waals surface area contributed by atoms with Crippen molar-refractivity contribution in [1.82, 2.24) is 14.5 Å². The highest BCUT2D eigenvalue weighted by molar-refractivity contribution is 6.12. The first-order valence-corrected chi connectivity index (χ1v) is 14.5. The highest BCUT2D eigenvalue weighted by atomic mass is 19.1. The molecule has 6 rings (SSSR count). The largest absolute Gasteiger partial charge is 0.398 e. The van der Waals surface area contributed by atoms with Gasteiger partial charge in [0.05, 0.1) is 34.7 Å². The molecule has 4 heterocycles. The van der Waals surface area contributed by atoms with Gasteiger partial charge >= 0.3 is 0 Å². The number of fused-ring (bicyclic) bond motifs is 5. The minimum atomic E-state index is -1.21. The van der Waals surface area contributed by atoms with Crippen molar-refractivity contribution >= 4 is 39.8 Å². The lowest BCUT2D eigenvalue weighted by molar-refractivity contribution is -0.130. The summed E-state index contributed by atoms with van der Waals surface area (Å²) in [5.74, 6) is -4.41. The molecule has 0 saturated carbocycles. The van der Waals surface area contributed by atoms with Gasteiger partial charge in [0.25, 0.3) is 5.56 Å². The number of aryl methyl sites for hydroxylation is 1. The molecule has 4 aromatic rings. The third kappa shape index (κ3) is 4.46. The summed E-state index contributed by atoms with van der Waals surface area (Å²) in [5, 5.41) is 2.64. The van der Waals surface area contributed by atoms with Gasteiger partial charge in [-0.2, -0.15) is 0 Å². The first-order chi connectivity index (χ1) is 21.4. The molecule has 2 aliphatic heterocycles. The van der Waals surface area contributed by atoms with Crippen molar-refractivity contribution in [3.63, 3.8) is 0 Å². The lowest BCUT2D eigenvalue weighted by atomic mass is 9.95. The van der Waals surface area contributed by atoms with Crippen LogP contribution in [0.4, 0.5) is 30.2 Å². The Morgan fingerprint density at radius 1 is 1.11 bits per heavy atom. The Kier molecular flexibility index (Phi) is 7.18. The average molecular weight is 617 g/mol. The number of amides is 2. The number of carbonyl (C=O) groups excluding carboxylic acids is 2. The van der Waals surface area contributed by atoms with E-state index in [1.165, 1.54) is 17.0 Å². The van der Waals surface area contributed by atoms with Crippen LogP contribution in [0.3, 0.4) is 0 Å². The van der Waals surface area contributed by atoms with Crippen LogP contribution in [0.15, 0.2) is 54.0 Å². The number of aromatic nitrogens is 2. The monoisotopic (exact) mass is 616 g/mol. The van der Waals surface area contributed by atoms with E-state index in [1.54, 1.807) is 31.0 Å². The summed E-state index contributed by atoms with van der Waals surface area (Å²) in [6.45, 7) is 10.8. The highest BCUT2D eigenvalue weighted by Crippen LogP contribution is 2.44. The summed E-state index contributed by atoms with van der Waals surface area (Å²) in [4.78, 5) is 48.2. The number of nitrogens with one attached hydrogen (secondary N) is 1. The van der Waals surface area contributed by atoms with Crippen molar-refractivity contribution in [3.05, 3.63) is 88.2 Å². The molecule has 232 valence electrons. The number of benzene rings is 2. The van der Waals surface area contributed by atoms with Crippen LogP contribution in [0.1, 0.15) is 37.9 Å². The first kappa shape index (κ1) is 29.9. The number of nitrogens with two attached hydrogens (primary N) is 1. The molecule has 9 nitrogen and oxygen atoms in total. The predicted molar refractivity (Wildman–Crippen MR) is 167 cm³/mol.